The molecule has 94 valence electrons. The van der Waals surface area contributed by atoms with Crippen LogP contribution in [-0.2, 0) is 12.8 Å². The maximum atomic E-state index is 13.5. The molecule has 0 amide bonds. The van der Waals surface area contributed by atoms with Gasteiger partial charge < -0.3 is 5.11 Å². The monoisotopic (exact) mass is 245 g/mol. The minimum absolute atomic E-state index is 0.247. The molecule has 0 saturated carbocycles. The molecule has 2 nitrogen and oxygen atoms in total. The van der Waals surface area contributed by atoms with Gasteiger partial charge in [-0.3, -0.25) is 4.98 Å². The quantitative estimate of drug-likeness (QED) is 0.898. The van der Waals surface area contributed by atoms with Gasteiger partial charge in [-0.15, -0.1) is 0 Å². The van der Waals surface area contributed by atoms with E-state index in [1.165, 1.54) is 6.07 Å². The number of aliphatic hydroxyl groups is 1. The highest BCUT2D eigenvalue weighted by molar-refractivity contribution is 5.25. The number of benzene rings is 1. The fraction of sp³-hybridized carbons (Fsp3) is 0.267. The number of rotatable bonds is 4. The first-order valence-corrected chi connectivity index (χ1v) is 6.07. The number of aromatic nitrogens is 1. The van der Waals surface area contributed by atoms with Crippen LogP contribution in [0.15, 0.2) is 42.6 Å². The Morgan fingerprint density at radius 2 is 1.89 bits per heavy atom. The third-order valence-electron chi connectivity index (χ3n) is 2.99. The second kappa shape index (κ2) is 5.74. The van der Waals surface area contributed by atoms with Crippen LogP contribution in [-0.4, -0.2) is 10.1 Å². The molecule has 0 fully saturated rings. The molecule has 2 rings (SSSR count). The van der Waals surface area contributed by atoms with E-state index >= 15 is 0 Å². The molecule has 0 bridgehead atoms. The highest BCUT2D eigenvalue weighted by Gasteiger charge is 2.15. The molecule has 0 aliphatic heterocycles. The lowest BCUT2D eigenvalue weighted by molar-refractivity contribution is 0.171. The van der Waals surface area contributed by atoms with E-state index in [0.717, 1.165) is 12.0 Å². The van der Waals surface area contributed by atoms with E-state index in [0.29, 0.717) is 11.3 Å². The van der Waals surface area contributed by atoms with E-state index in [2.05, 4.69) is 4.98 Å². The van der Waals surface area contributed by atoms with Crippen LogP contribution in [0.3, 0.4) is 0 Å². The SMILES string of the molecule is CCc1cccnc1C(O)Cc1ccccc1F. The zero-order chi connectivity index (χ0) is 13.0. The molecule has 1 N–H and O–H groups in total. The third kappa shape index (κ3) is 2.74. The van der Waals surface area contributed by atoms with E-state index in [1.54, 1.807) is 24.4 Å². The molecular weight excluding hydrogens is 229 g/mol. The second-order valence-electron chi connectivity index (χ2n) is 4.21. The van der Waals surface area contributed by atoms with Crippen molar-refractivity contribution >= 4 is 0 Å². The van der Waals surface area contributed by atoms with Gasteiger partial charge in [0.25, 0.3) is 0 Å². The summed E-state index contributed by atoms with van der Waals surface area (Å²) in [5, 5.41) is 10.2. The van der Waals surface area contributed by atoms with Crippen molar-refractivity contribution in [1.82, 2.24) is 4.98 Å². The van der Waals surface area contributed by atoms with Crippen molar-refractivity contribution in [2.75, 3.05) is 0 Å². The van der Waals surface area contributed by atoms with Gasteiger partial charge in [0.15, 0.2) is 0 Å². The topological polar surface area (TPSA) is 33.1 Å². The fourth-order valence-electron chi connectivity index (χ4n) is 2.02. The molecule has 1 unspecified atom stereocenters. The fourth-order valence-corrected chi connectivity index (χ4v) is 2.02. The van der Waals surface area contributed by atoms with Gasteiger partial charge in [-0.1, -0.05) is 31.2 Å². The van der Waals surface area contributed by atoms with Gasteiger partial charge in [0.05, 0.1) is 5.69 Å². The Bertz CT molecular complexity index is 527. The van der Waals surface area contributed by atoms with Gasteiger partial charge in [-0.2, -0.15) is 0 Å². The molecule has 1 aromatic heterocycles. The van der Waals surface area contributed by atoms with Crippen molar-refractivity contribution in [3.05, 3.63) is 65.2 Å². The molecule has 1 heterocycles. The Morgan fingerprint density at radius 1 is 1.17 bits per heavy atom. The number of aryl methyl sites for hydroxylation is 1. The zero-order valence-corrected chi connectivity index (χ0v) is 10.3. The maximum Gasteiger partial charge on any atom is 0.126 e. The molecule has 1 atom stereocenters. The molecule has 0 radical (unpaired) electrons. The summed E-state index contributed by atoms with van der Waals surface area (Å²) < 4.78 is 13.5. The normalized spacial score (nSPS) is 12.4. The summed E-state index contributed by atoms with van der Waals surface area (Å²) >= 11 is 0. The van der Waals surface area contributed by atoms with Crippen molar-refractivity contribution in [3.8, 4) is 0 Å². The van der Waals surface area contributed by atoms with E-state index in [-0.39, 0.29) is 12.2 Å². The average Bonchev–Trinajstić information content (AvgIpc) is 2.41. The number of halogens is 1. The van der Waals surface area contributed by atoms with Gasteiger partial charge in [0, 0.05) is 12.6 Å². The molecule has 0 aliphatic rings. The maximum absolute atomic E-state index is 13.5. The van der Waals surface area contributed by atoms with E-state index in [1.807, 2.05) is 19.1 Å². The molecule has 3 heteroatoms. The minimum atomic E-state index is -0.766. The summed E-state index contributed by atoms with van der Waals surface area (Å²) in [5.41, 5.74) is 2.15. The summed E-state index contributed by atoms with van der Waals surface area (Å²) in [4.78, 5) is 4.20. The Kier molecular flexibility index (Phi) is 4.05. The lowest BCUT2D eigenvalue weighted by Crippen LogP contribution is -2.08. The lowest BCUT2D eigenvalue weighted by atomic mass is 10.0. The predicted octanol–water partition coefficient (Wildman–Crippen LogP) is 3.06. The van der Waals surface area contributed by atoms with E-state index < -0.39 is 6.10 Å². The van der Waals surface area contributed by atoms with Crippen LogP contribution in [0, 0.1) is 5.82 Å². The summed E-state index contributed by atoms with van der Waals surface area (Å²) in [5.74, 6) is -0.287. The largest absolute Gasteiger partial charge is 0.386 e. The third-order valence-corrected chi connectivity index (χ3v) is 2.99. The standard InChI is InChI=1S/C15H16FNO/c1-2-11-7-5-9-17-15(11)14(18)10-12-6-3-4-8-13(12)16/h3-9,14,18H,2,10H2,1H3. The first-order chi connectivity index (χ1) is 8.72. The molecule has 2 aromatic rings. The zero-order valence-electron chi connectivity index (χ0n) is 10.3. The summed E-state index contributed by atoms with van der Waals surface area (Å²) in [6, 6.07) is 10.3. The van der Waals surface area contributed by atoms with Gasteiger partial charge >= 0.3 is 0 Å². The number of nitrogens with zero attached hydrogens (tertiary/aromatic N) is 1. The Labute approximate surface area is 106 Å². The molecule has 0 saturated heterocycles. The van der Waals surface area contributed by atoms with Crippen LogP contribution in [0.5, 0.6) is 0 Å². The second-order valence-corrected chi connectivity index (χ2v) is 4.21. The summed E-state index contributed by atoms with van der Waals surface area (Å²) in [6.45, 7) is 2.01. The van der Waals surface area contributed by atoms with Crippen LogP contribution in [0.2, 0.25) is 0 Å². The molecule has 1 aromatic carbocycles. The summed E-state index contributed by atoms with van der Waals surface area (Å²) in [6.07, 6.45) is 1.94. The summed E-state index contributed by atoms with van der Waals surface area (Å²) in [7, 11) is 0. The number of pyridine rings is 1. The van der Waals surface area contributed by atoms with Crippen molar-refractivity contribution in [3.63, 3.8) is 0 Å². The predicted molar refractivity (Wildman–Crippen MR) is 68.7 cm³/mol. The Balaban J connectivity index is 2.22. The molecule has 0 aliphatic carbocycles. The van der Waals surface area contributed by atoms with Crippen LogP contribution >= 0.6 is 0 Å². The first-order valence-electron chi connectivity index (χ1n) is 6.07. The van der Waals surface area contributed by atoms with E-state index in [9.17, 15) is 9.50 Å². The van der Waals surface area contributed by atoms with Crippen molar-refractivity contribution in [2.24, 2.45) is 0 Å². The van der Waals surface area contributed by atoms with Gasteiger partial charge in [0.1, 0.15) is 11.9 Å². The van der Waals surface area contributed by atoms with Crippen molar-refractivity contribution < 1.29 is 9.50 Å². The minimum Gasteiger partial charge on any atom is -0.386 e. The van der Waals surface area contributed by atoms with Crippen LogP contribution in [0.4, 0.5) is 4.39 Å². The van der Waals surface area contributed by atoms with Crippen molar-refractivity contribution in [2.45, 2.75) is 25.9 Å². The Hall–Kier alpha value is -1.74. The van der Waals surface area contributed by atoms with Crippen molar-refractivity contribution in [1.29, 1.82) is 0 Å². The van der Waals surface area contributed by atoms with Crippen LogP contribution < -0.4 is 0 Å². The number of hydrogen-bond donors (Lipinski definition) is 1. The molecule has 0 spiro atoms. The van der Waals surface area contributed by atoms with E-state index in [4.69, 9.17) is 0 Å². The van der Waals surface area contributed by atoms with Crippen LogP contribution in [0.25, 0.3) is 0 Å². The number of aliphatic hydroxyl groups excluding tert-OH is 1. The highest BCUT2D eigenvalue weighted by Crippen LogP contribution is 2.21. The highest BCUT2D eigenvalue weighted by atomic mass is 19.1. The van der Waals surface area contributed by atoms with Gasteiger partial charge in [-0.05, 0) is 29.7 Å². The van der Waals surface area contributed by atoms with Crippen LogP contribution in [0.1, 0.15) is 29.8 Å². The smallest absolute Gasteiger partial charge is 0.126 e. The number of hydrogen-bond acceptors (Lipinski definition) is 2. The average molecular weight is 245 g/mol. The Morgan fingerprint density at radius 3 is 2.61 bits per heavy atom. The van der Waals surface area contributed by atoms with Gasteiger partial charge in [0.2, 0.25) is 0 Å². The van der Waals surface area contributed by atoms with Gasteiger partial charge in [-0.25, -0.2) is 4.39 Å². The lowest BCUT2D eigenvalue weighted by Gasteiger charge is -2.14. The first kappa shape index (κ1) is 12.7. The molecule has 18 heavy (non-hydrogen) atoms. The molecular formula is C15H16FNO.